The molecule has 0 bridgehead atoms. The molecule has 0 aliphatic carbocycles. The molecule has 0 aromatic carbocycles. The molecule has 0 saturated carbocycles. The quantitative estimate of drug-likeness (QED) is 0.189. The Morgan fingerprint density at radius 2 is 2.00 bits per heavy atom. The molecule has 0 unspecified atom stereocenters. The van der Waals surface area contributed by atoms with Crippen LogP contribution in [0.15, 0.2) is 23.6 Å². The van der Waals surface area contributed by atoms with Gasteiger partial charge in [-0.05, 0) is 26.8 Å². The molecule has 2 aromatic rings. The van der Waals surface area contributed by atoms with Gasteiger partial charge in [0.05, 0.1) is 17.4 Å². The monoisotopic (exact) mass is 513 g/mol. The highest BCUT2D eigenvalue weighted by atomic mass is 19.4. The minimum Gasteiger partial charge on any atom is -0.464 e. The fourth-order valence-corrected chi connectivity index (χ4v) is 2.71. The molecular weight excluding hydrogens is 493 g/mol. The molecule has 0 aliphatic rings. The number of carbonyl (C=O) groups is 2. The Morgan fingerprint density at radius 1 is 1.33 bits per heavy atom. The van der Waals surface area contributed by atoms with Gasteiger partial charge in [0.15, 0.2) is 23.6 Å². The van der Waals surface area contributed by atoms with Gasteiger partial charge in [0.2, 0.25) is 12.3 Å². The standard InChI is InChI=1S/C21H20F5N7O3/c1-5-33(10-34)12(3)31-32(4)18-15(22)6-14(20(30-18)36-11(2)21(24,25)26)19(35)29-17-13(7-27)8-28-9-16(17)23/h6,8-11H,5H2,1-4H3,(H,28,29,35)/b31-12-/t11-/m0/s1. The Kier molecular flexibility index (Phi) is 8.82. The van der Waals surface area contributed by atoms with Crippen LogP contribution in [0.5, 0.6) is 5.88 Å². The van der Waals surface area contributed by atoms with E-state index in [-0.39, 0.29) is 17.9 Å². The van der Waals surface area contributed by atoms with Gasteiger partial charge in [-0.2, -0.15) is 28.5 Å². The van der Waals surface area contributed by atoms with E-state index in [0.717, 1.165) is 16.1 Å². The molecule has 0 fully saturated rings. The Hall–Kier alpha value is -4.35. The maximum absolute atomic E-state index is 14.9. The molecule has 15 heteroatoms. The van der Waals surface area contributed by atoms with Crippen molar-refractivity contribution in [3.8, 4) is 11.9 Å². The summed E-state index contributed by atoms with van der Waals surface area (Å²) in [6, 6.07) is 2.12. The van der Waals surface area contributed by atoms with E-state index in [1.165, 1.54) is 14.0 Å². The van der Waals surface area contributed by atoms with Crippen LogP contribution in [-0.2, 0) is 4.79 Å². The number of anilines is 2. The third-order valence-electron chi connectivity index (χ3n) is 4.66. The van der Waals surface area contributed by atoms with Gasteiger partial charge >= 0.3 is 6.18 Å². The number of halogens is 5. The summed E-state index contributed by atoms with van der Waals surface area (Å²) in [4.78, 5) is 32.2. The van der Waals surface area contributed by atoms with E-state index in [4.69, 9.17) is 10.00 Å². The minimum atomic E-state index is -4.87. The summed E-state index contributed by atoms with van der Waals surface area (Å²) in [5, 5.41) is 15.9. The van der Waals surface area contributed by atoms with Crippen LogP contribution in [-0.4, -0.2) is 58.9 Å². The number of nitrogens with one attached hydrogen (secondary N) is 1. The zero-order valence-electron chi connectivity index (χ0n) is 19.4. The van der Waals surface area contributed by atoms with Crippen molar-refractivity contribution in [3.05, 3.63) is 41.2 Å². The number of pyridine rings is 2. The van der Waals surface area contributed by atoms with E-state index in [1.54, 1.807) is 13.0 Å². The maximum atomic E-state index is 14.9. The summed E-state index contributed by atoms with van der Waals surface area (Å²) < 4.78 is 73.3. The number of nitrogens with zero attached hydrogens (tertiary/aromatic N) is 6. The Labute approximate surface area is 202 Å². The van der Waals surface area contributed by atoms with Crippen LogP contribution >= 0.6 is 0 Å². The van der Waals surface area contributed by atoms with Crippen LogP contribution in [0.25, 0.3) is 0 Å². The fourth-order valence-electron chi connectivity index (χ4n) is 2.71. The SMILES string of the molecule is CCN(C=O)/C(C)=N\N(C)c1nc(O[C@@H](C)C(F)(F)F)c(C(=O)Nc2c(F)cncc2C#N)cc1F. The number of aromatic nitrogens is 2. The van der Waals surface area contributed by atoms with Crippen molar-refractivity contribution >= 4 is 29.7 Å². The van der Waals surface area contributed by atoms with Crippen LogP contribution in [0.3, 0.4) is 0 Å². The van der Waals surface area contributed by atoms with Crippen molar-refractivity contribution in [3.63, 3.8) is 0 Å². The zero-order chi connectivity index (χ0) is 27.2. The van der Waals surface area contributed by atoms with Crippen molar-refractivity contribution in [2.24, 2.45) is 5.10 Å². The van der Waals surface area contributed by atoms with E-state index in [0.29, 0.717) is 25.6 Å². The Morgan fingerprint density at radius 3 is 2.56 bits per heavy atom. The third kappa shape index (κ3) is 6.40. The fraction of sp³-hybridized carbons (Fsp3) is 0.333. The van der Waals surface area contributed by atoms with E-state index in [2.05, 4.69) is 15.1 Å². The van der Waals surface area contributed by atoms with Crippen molar-refractivity contribution in [2.75, 3.05) is 23.9 Å². The first-order valence-electron chi connectivity index (χ1n) is 10.1. The summed E-state index contributed by atoms with van der Waals surface area (Å²) in [5.41, 5.74) is -1.83. The largest absolute Gasteiger partial charge is 0.464 e. The van der Waals surface area contributed by atoms with Crippen molar-refractivity contribution in [1.82, 2.24) is 14.9 Å². The highest BCUT2D eigenvalue weighted by Crippen LogP contribution is 2.30. The van der Waals surface area contributed by atoms with Gasteiger partial charge in [0, 0.05) is 19.8 Å². The first-order valence-corrected chi connectivity index (χ1v) is 10.1. The predicted octanol–water partition coefficient (Wildman–Crippen LogP) is 3.46. The number of hydrogen-bond donors (Lipinski definition) is 1. The highest BCUT2D eigenvalue weighted by molar-refractivity contribution is 6.06. The topological polar surface area (TPSA) is 124 Å². The van der Waals surface area contributed by atoms with E-state index in [9.17, 15) is 31.5 Å². The lowest BCUT2D eigenvalue weighted by Crippen LogP contribution is -2.33. The summed E-state index contributed by atoms with van der Waals surface area (Å²) >= 11 is 0. The van der Waals surface area contributed by atoms with Crippen LogP contribution < -0.4 is 15.1 Å². The molecule has 2 aromatic heterocycles. The second-order valence-corrected chi connectivity index (χ2v) is 7.12. The lowest BCUT2D eigenvalue weighted by Gasteiger charge is -2.22. The Bertz CT molecular complexity index is 1210. The number of carbonyl (C=O) groups excluding carboxylic acids is 2. The van der Waals surface area contributed by atoms with Crippen molar-refractivity contribution < 1.29 is 36.3 Å². The maximum Gasteiger partial charge on any atom is 0.425 e. The van der Waals surface area contributed by atoms with E-state index >= 15 is 0 Å². The molecule has 1 atom stereocenters. The van der Waals surface area contributed by atoms with Crippen LogP contribution in [0.1, 0.15) is 36.7 Å². The molecule has 2 rings (SSSR count). The van der Waals surface area contributed by atoms with E-state index in [1.807, 2.05) is 5.32 Å². The second-order valence-electron chi connectivity index (χ2n) is 7.12. The van der Waals surface area contributed by atoms with Crippen LogP contribution in [0.4, 0.5) is 33.5 Å². The molecule has 36 heavy (non-hydrogen) atoms. The number of amides is 2. The average Bonchev–Trinajstić information content (AvgIpc) is 2.81. The predicted molar refractivity (Wildman–Crippen MR) is 117 cm³/mol. The molecule has 1 N–H and O–H groups in total. The molecule has 2 heterocycles. The molecule has 0 spiro atoms. The summed E-state index contributed by atoms with van der Waals surface area (Å²) in [6.07, 6.45) is -5.24. The molecule has 192 valence electrons. The molecule has 0 saturated heterocycles. The number of ether oxygens (including phenoxy) is 1. The molecule has 0 aliphatic heterocycles. The number of hydrazone groups is 1. The first kappa shape index (κ1) is 27.9. The van der Waals surface area contributed by atoms with Crippen LogP contribution in [0.2, 0.25) is 0 Å². The van der Waals surface area contributed by atoms with Crippen molar-refractivity contribution in [1.29, 1.82) is 5.26 Å². The van der Waals surface area contributed by atoms with Crippen molar-refractivity contribution in [2.45, 2.75) is 33.1 Å². The van der Waals surface area contributed by atoms with Gasteiger partial charge in [0.1, 0.15) is 17.5 Å². The average molecular weight is 513 g/mol. The smallest absolute Gasteiger partial charge is 0.425 e. The lowest BCUT2D eigenvalue weighted by atomic mass is 10.2. The number of amidine groups is 1. The molecule has 10 nitrogen and oxygen atoms in total. The third-order valence-corrected chi connectivity index (χ3v) is 4.66. The molecule has 2 amide bonds. The summed E-state index contributed by atoms with van der Waals surface area (Å²) in [7, 11) is 1.20. The van der Waals surface area contributed by atoms with Gasteiger partial charge in [-0.15, -0.1) is 0 Å². The molecule has 0 radical (unpaired) electrons. The lowest BCUT2D eigenvalue weighted by molar-refractivity contribution is -0.190. The first-order chi connectivity index (χ1) is 16.8. The summed E-state index contributed by atoms with van der Waals surface area (Å²) in [5.74, 6) is -5.08. The Balaban J connectivity index is 2.58. The minimum absolute atomic E-state index is 0.112. The van der Waals surface area contributed by atoms with Gasteiger partial charge in [-0.25, -0.2) is 13.8 Å². The summed E-state index contributed by atoms with van der Waals surface area (Å²) in [6.45, 7) is 3.94. The van der Waals surface area contributed by atoms with Gasteiger partial charge in [-0.3, -0.25) is 14.6 Å². The number of hydrogen-bond acceptors (Lipinski definition) is 8. The number of nitriles is 1. The number of rotatable bonds is 8. The second kappa shape index (κ2) is 11.4. The van der Waals surface area contributed by atoms with Crippen LogP contribution in [0, 0.1) is 23.0 Å². The van der Waals surface area contributed by atoms with E-state index < -0.39 is 52.8 Å². The van der Waals surface area contributed by atoms with Gasteiger partial charge in [-0.1, -0.05) is 0 Å². The van der Waals surface area contributed by atoms with Gasteiger partial charge < -0.3 is 15.0 Å². The molecular formula is C21H20F5N7O3. The highest BCUT2D eigenvalue weighted by Gasteiger charge is 2.39. The zero-order valence-corrected chi connectivity index (χ0v) is 19.4. The number of alkyl halides is 3. The van der Waals surface area contributed by atoms with Gasteiger partial charge in [0.25, 0.3) is 5.91 Å². The normalized spacial score (nSPS) is 12.4.